The van der Waals surface area contributed by atoms with Gasteiger partial charge in [0, 0.05) is 12.7 Å². The third-order valence-electron chi connectivity index (χ3n) is 2.32. The number of hydrogen-bond acceptors (Lipinski definition) is 3. The van der Waals surface area contributed by atoms with E-state index in [4.69, 9.17) is 28.3 Å². The molecule has 0 aliphatic heterocycles. The van der Waals surface area contributed by atoms with Crippen LogP contribution in [0.2, 0.25) is 10.0 Å². The van der Waals surface area contributed by atoms with E-state index in [9.17, 15) is 9.59 Å². The van der Waals surface area contributed by atoms with Crippen LogP contribution in [0, 0.1) is 0 Å². The highest BCUT2D eigenvalue weighted by molar-refractivity contribution is 6.42. The van der Waals surface area contributed by atoms with E-state index < -0.39 is 17.9 Å². The van der Waals surface area contributed by atoms with Crippen molar-refractivity contribution in [2.75, 3.05) is 18.9 Å². The summed E-state index contributed by atoms with van der Waals surface area (Å²) in [5, 5.41) is 12.4. The molecule has 0 spiro atoms. The third-order valence-corrected chi connectivity index (χ3v) is 3.06. The molecule has 7 heteroatoms. The smallest absolute Gasteiger partial charge is 0.251 e. The van der Waals surface area contributed by atoms with E-state index in [-0.39, 0.29) is 6.54 Å². The summed E-state index contributed by atoms with van der Waals surface area (Å²) >= 11 is 11.6. The monoisotopic (exact) mass is 304 g/mol. The van der Waals surface area contributed by atoms with Gasteiger partial charge in [0.15, 0.2) is 0 Å². The van der Waals surface area contributed by atoms with Crippen LogP contribution in [-0.4, -0.2) is 41.5 Å². The van der Waals surface area contributed by atoms with E-state index in [2.05, 4.69) is 5.32 Å². The van der Waals surface area contributed by atoms with E-state index in [1.54, 1.807) is 12.1 Å². The number of likely N-dealkylation sites (N-methyl/N-ethyl adjacent to an activating group) is 1. The number of rotatable bonds is 4. The lowest BCUT2D eigenvalue weighted by molar-refractivity contribution is -0.140. The Labute approximate surface area is 121 Å². The summed E-state index contributed by atoms with van der Waals surface area (Å²) in [5.41, 5.74) is 0.484. The van der Waals surface area contributed by atoms with Gasteiger partial charge in [-0.3, -0.25) is 9.59 Å². The molecule has 104 valence electrons. The van der Waals surface area contributed by atoms with Crippen LogP contribution in [0.3, 0.4) is 0 Å². The van der Waals surface area contributed by atoms with Gasteiger partial charge in [-0.25, -0.2) is 0 Å². The molecule has 0 heterocycles. The van der Waals surface area contributed by atoms with Gasteiger partial charge in [0.1, 0.15) is 6.10 Å². The normalized spacial score (nSPS) is 11.8. The zero-order valence-electron chi connectivity index (χ0n) is 10.5. The largest absolute Gasteiger partial charge is 0.384 e. The van der Waals surface area contributed by atoms with Crippen molar-refractivity contribution in [3.63, 3.8) is 0 Å². The predicted molar refractivity (Wildman–Crippen MR) is 74.4 cm³/mol. The highest BCUT2D eigenvalue weighted by atomic mass is 35.5. The molecule has 1 unspecified atom stereocenters. The van der Waals surface area contributed by atoms with Gasteiger partial charge in [-0.1, -0.05) is 23.2 Å². The Hall–Kier alpha value is -1.30. The Morgan fingerprint density at radius 2 is 2.00 bits per heavy atom. The first-order chi connectivity index (χ1) is 8.81. The molecule has 1 aromatic rings. The number of aliphatic hydroxyl groups excluding tert-OH is 1. The second-order valence-corrected chi connectivity index (χ2v) is 4.86. The average molecular weight is 305 g/mol. The number of nitrogens with one attached hydrogen (secondary N) is 1. The Morgan fingerprint density at radius 1 is 1.37 bits per heavy atom. The maximum absolute atomic E-state index is 11.7. The summed E-state index contributed by atoms with van der Waals surface area (Å²) in [7, 11) is 1.43. The lowest BCUT2D eigenvalue weighted by Crippen LogP contribution is -2.39. The number of amides is 2. The molecular formula is C12H14Cl2N2O3. The van der Waals surface area contributed by atoms with Gasteiger partial charge >= 0.3 is 0 Å². The molecule has 1 rings (SSSR count). The molecular weight excluding hydrogens is 291 g/mol. The number of nitrogens with zero attached hydrogens (tertiary/aromatic N) is 1. The molecule has 1 aromatic carbocycles. The summed E-state index contributed by atoms with van der Waals surface area (Å²) in [6.07, 6.45) is -1.14. The van der Waals surface area contributed by atoms with Crippen molar-refractivity contribution in [3.05, 3.63) is 28.2 Å². The quantitative estimate of drug-likeness (QED) is 0.890. The second-order valence-electron chi connectivity index (χ2n) is 4.05. The van der Waals surface area contributed by atoms with Crippen LogP contribution >= 0.6 is 23.2 Å². The van der Waals surface area contributed by atoms with E-state index in [0.717, 1.165) is 4.90 Å². The number of benzene rings is 1. The van der Waals surface area contributed by atoms with Crippen molar-refractivity contribution in [1.82, 2.24) is 4.90 Å². The van der Waals surface area contributed by atoms with Crippen molar-refractivity contribution in [2.24, 2.45) is 0 Å². The Morgan fingerprint density at radius 3 is 2.53 bits per heavy atom. The fourth-order valence-corrected chi connectivity index (χ4v) is 1.68. The number of aliphatic hydroxyl groups is 1. The molecule has 0 aliphatic carbocycles. The van der Waals surface area contributed by atoms with Gasteiger partial charge < -0.3 is 15.3 Å². The molecule has 2 amide bonds. The third kappa shape index (κ3) is 4.70. The molecule has 0 bridgehead atoms. The van der Waals surface area contributed by atoms with Crippen molar-refractivity contribution < 1.29 is 14.7 Å². The molecule has 0 fully saturated rings. The first-order valence-corrected chi connectivity index (χ1v) is 6.25. The predicted octanol–water partition coefficient (Wildman–Crippen LogP) is 1.77. The van der Waals surface area contributed by atoms with Crippen LogP contribution in [0.25, 0.3) is 0 Å². The van der Waals surface area contributed by atoms with Crippen LogP contribution in [0.4, 0.5) is 5.69 Å². The van der Waals surface area contributed by atoms with E-state index in [1.165, 1.54) is 20.0 Å². The topological polar surface area (TPSA) is 69.6 Å². The lowest BCUT2D eigenvalue weighted by Gasteiger charge is -2.18. The Bertz CT molecular complexity index is 492. The molecule has 19 heavy (non-hydrogen) atoms. The number of carbonyl (C=O) groups is 2. The number of halogens is 2. The maximum atomic E-state index is 11.7. The Kier molecular flexibility index (Phi) is 5.60. The number of carbonyl (C=O) groups excluding carboxylic acids is 2. The van der Waals surface area contributed by atoms with E-state index in [1.807, 2.05) is 0 Å². The van der Waals surface area contributed by atoms with Gasteiger partial charge in [-0.15, -0.1) is 0 Å². The minimum atomic E-state index is -1.14. The van der Waals surface area contributed by atoms with E-state index >= 15 is 0 Å². The second kappa shape index (κ2) is 6.75. The molecule has 0 aromatic heterocycles. The van der Waals surface area contributed by atoms with Gasteiger partial charge in [0.2, 0.25) is 5.91 Å². The van der Waals surface area contributed by atoms with Crippen LogP contribution in [-0.2, 0) is 9.59 Å². The molecule has 5 nitrogen and oxygen atoms in total. The van der Waals surface area contributed by atoms with Gasteiger partial charge in [-0.2, -0.15) is 0 Å². The molecule has 2 N–H and O–H groups in total. The fraction of sp³-hybridized carbons (Fsp3) is 0.333. The number of anilines is 1. The van der Waals surface area contributed by atoms with Crippen molar-refractivity contribution in [1.29, 1.82) is 0 Å². The fourth-order valence-electron chi connectivity index (χ4n) is 1.39. The summed E-state index contributed by atoms with van der Waals surface area (Å²) < 4.78 is 0. The Balaban J connectivity index is 2.60. The standard InChI is InChI=1S/C12H14Cl2N2O3/c1-7(17)12(19)16(2)6-11(18)15-8-3-4-9(13)10(14)5-8/h3-5,7,17H,6H2,1-2H3,(H,15,18). The molecule has 0 saturated carbocycles. The molecule has 0 aliphatic rings. The summed E-state index contributed by atoms with van der Waals surface area (Å²) in [4.78, 5) is 24.2. The maximum Gasteiger partial charge on any atom is 0.251 e. The summed E-state index contributed by atoms with van der Waals surface area (Å²) in [5.74, 6) is -0.917. The minimum absolute atomic E-state index is 0.163. The van der Waals surface area contributed by atoms with Gasteiger partial charge in [0.05, 0.1) is 16.6 Å². The SMILES string of the molecule is CC(O)C(=O)N(C)CC(=O)Nc1ccc(Cl)c(Cl)c1. The van der Waals surface area contributed by atoms with Crippen LogP contribution in [0.5, 0.6) is 0 Å². The summed E-state index contributed by atoms with van der Waals surface area (Å²) in [6.45, 7) is 1.18. The first-order valence-electron chi connectivity index (χ1n) is 5.49. The van der Waals surface area contributed by atoms with Crippen molar-refractivity contribution in [3.8, 4) is 0 Å². The van der Waals surface area contributed by atoms with Crippen LogP contribution < -0.4 is 5.32 Å². The summed E-state index contributed by atoms with van der Waals surface area (Å²) in [6, 6.07) is 4.67. The van der Waals surface area contributed by atoms with Crippen molar-refractivity contribution >= 4 is 40.7 Å². The molecule has 1 atom stereocenters. The minimum Gasteiger partial charge on any atom is -0.384 e. The van der Waals surface area contributed by atoms with Crippen LogP contribution in [0.15, 0.2) is 18.2 Å². The highest BCUT2D eigenvalue weighted by Crippen LogP contribution is 2.24. The van der Waals surface area contributed by atoms with Gasteiger partial charge in [0.25, 0.3) is 5.91 Å². The zero-order chi connectivity index (χ0) is 14.6. The van der Waals surface area contributed by atoms with Crippen LogP contribution in [0.1, 0.15) is 6.92 Å². The highest BCUT2D eigenvalue weighted by Gasteiger charge is 2.17. The molecule has 0 radical (unpaired) electrons. The number of hydrogen-bond donors (Lipinski definition) is 2. The van der Waals surface area contributed by atoms with Gasteiger partial charge in [-0.05, 0) is 25.1 Å². The first kappa shape index (κ1) is 15.8. The lowest BCUT2D eigenvalue weighted by atomic mass is 10.3. The van der Waals surface area contributed by atoms with Crippen molar-refractivity contribution in [2.45, 2.75) is 13.0 Å². The molecule has 0 saturated heterocycles. The zero-order valence-corrected chi connectivity index (χ0v) is 12.0. The van der Waals surface area contributed by atoms with E-state index in [0.29, 0.717) is 15.7 Å². The average Bonchev–Trinajstić information content (AvgIpc) is 2.32.